The molecule has 0 bridgehead atoms. The molecule has 2 rings (SSSR count). The van der Waals surface area contributed by atoms with Crippen LogP contribution in [-0.2, 0) is 0 Å². The third-order valence-electron chi connectivity index (χ3n) is 2.40. The van der Waals surface area contributed by atoms with Gasteiger partial charge in [-0.1, -0.05) is 0 Å². The topological polar surface area (TPSA) is 72.1 Å². The van der Waals surface area contributed by atoms with Gasteiger partial charge in [-0.05, 0) is 41.9 Å². The minimum atomic E-state index is -0.812. The number of halogens is 1. The Kier molecular flexibility index (Phi) is 3.43. The Hall–Kier alpha value is -2.14. The molecule has 0 unspecified atom stereocenters. The fraction of sp³-hybridized carbons (Fsp3) is 0.0833. The summed E-state index contributed by atoms with van der Waals surface area (Å²) < 4.78 is 5.03. The maximum absolute atomic E-state index is 11.3. The molecule has 0 aliphatic rings. The van der Waals surface area contributed by atoms with Gasteiger partial charge in [0.2, 0.25) is 0 Å². The predicted molar refractivity (Wildman–Crippen MR) is 67.0 cm³/mol. The minimum absolute atomic E-state index is 0.127. The number of nitrogens with zero attached hydrogens (tertiary/aromatic N) is 1. The summed E-state index contributed by atoms with van der Waals surface area (Å²) >= 11 is 5.31. The van der Waals surface area contributed by atoms with Crippen LogP contribution in [0.1, 0.15) is 10.4 Å². The van der Waals surface area contributed by atoms with Crippen molar-refractivity contribution in [2.24, 2.45) is 0 Å². The monoisotopic (exact) mass is 264 g/mol. The van der Waals surface area contributed by atoms with Crippen LogP contribution >= 0.6 is 11.6 Å². The van der Waals surface area contributed by atoms with Crippen molar-refractivity contribution >= 4 is 16.8 Å². The van der Waals surface area contributed by atoms with E-state index >= 15 is 0 Å². The molecule has 0 saturated carbocycles. The van der Waals surface area contributed by atoms with Crippen molar-refractivity contribution in [1.29, 1.82) is 0 Å². The number of methoxy groups -OCH3 is 1. The maximum Gasteiger partial charge on any atom is 0.276 e. The van der Waals surface area contributed by atoms with Gasteiger partial charge in [0, 0.05) is 5.56 Å². The van der Waals surface area contributed by atoms with E-state index in [9.17, 15) is 9.59 Å². The molecule has 0 radical (unpaired) electrons. The van der Waals surface area contributed by atoms with Gasteiger partial charge in [0.15, 0.2) is 0 Å². The molecule has 1 N–H and O–H groups in total. The maximum atomic E-state index is 11.3. The largest absolute Gasteiger partial charge is 0.497 e. The fourth-order valence-corrected chi connectivity index (χ4v) is 1.60. The van der Waals surface area contributed by atoms with E-state index in [2.05, 4.69) is 10.2 Å². The van der Waals surface area contributed by atoms with Crippen LogP contribution in [0.5, 0.6) is 5.75 Å². The van der Waals surface area contributed by atoms with Crippen LogP contribution in [0.4, 0.5) is 0 Å². The number of carbonyl (C=O) groups is 1. The highest BCUT2D eigenvalue weighted by atomic mass is 35.5. The molecule has 1 heterocycles. The van der Waals surface area contributed by atoms with Crippen molar-refractivity contribution in [3.05, 3.63) is 46.2 Å². The zero-order chi connectivity index (χ0) is 13.1. The first-order valence-corrected chi connectivity index (χ1v) is 5.43. The molecule has 92 valence electrons. The molecule has 0 amide bonds. The summed E-state index contributed by atoms with van der Waals surface area (Å²) in [5.74, 6) is 0.705. The molecule has 2 aromatic rings. The van der Waals surface area contributed by atoms with Gasteiger partial charge in [0.25, 0.3) is 10.8 Å². The first kappa shape index (κ1) is 12.3. The lowest BCUT2D eigenvalue weighted by molar-refractivity contribution is 0.108. The summed E-state index contributed by atoms with van der Waals surface area (Å²) in [5.41, 5.74) is 0.470. The van der Waals surface area contributed by atoms with Gasteiger partial charge in [0.05, 0.1) is 12.8 Å². The standard InChI is InChI=1S/C12H9ClN2O3/c1-18-8-4-2-7(3-5-8)10-6-9(11(13)16)12(17)15-14-10/h2-6H,1H3,(H,15,17). The van der Waals surface area contributed by atoms with Crippen LogP contribution in [0.2, 0.25) is 0 Å². The van der Waals surface area contributed by atoms with Crippen molar-refractivity contribution in [2.75, 3.05) is 7.11 Å². The van der Waals surface area contributed by atoms with Gasteiger partial charge in [0.1, 0.15) is 11.3 Å². The van der Waals surface area contributed by atoms with Crippen molar-refractivity contribution in [3.8, 4) is 17.0 Å². The number of hydrogen-bond acceptors (Lipinski definition) is 4. The third-order valence-corrected chi connectivity index (χ3v) is 2.60. The smallest absolute Gasteiger partial charge is 0.276 e. The normalized spacial score (nSPS) is 10.1. The summed E-state index contributed by atoms with van der Waals surface area (Å²) in [7, 11) is 1.57. The highest BCUT2D eigenvalue weighted by Gasteiger charge is 2.10. The number of benzene rings is 1. The van der Waals surface area contributed by atoms with Crippen molar-refractivity contribution in [1.82, 2.24) is 10.2 Å². The number of nitrogens with one attached hydrogen (secondary N) is 1. The minimum Gasteiger partial charge on any atom is -0.497 e. The zero-order valence-electron chi connectivity index (χ0n) is 9.44. The molecule has 0 aliphatic heterocycles. The second-order valence-corrected chi connectivity index (χ2v) is 3.84. The number of ether oxygens (including phenoxy) is 1. The predicted octanol–water partition coefficient (Wildman–Crippen LogP) is 1.82. The first-order chi connectivity index (χ1) is 8.61. The highest BCUT2D eigenvalue weighted by molar-refractivity contribution is 6.67. The molecule has 1 aromatic carbocycles. The quantitative estimate of drug-likeness (QED) is 0.859. The lowest BCUT2D eigenvalue weighted by Crippen LogP contribution is -2.16. The van der Waals surface area contributed by atoms with Gasteiger partial charge in [-0.2, -0.15) is 5.10 Å². The van der Waals surface area contributed by atoms with E-state index in [0.717, 1.165) is 5.56 Å². The van der Waals surface area contributed by atoms with E-state index in [1.807, 2.05) is 0 Å². The molecule has 6 heteroatoms. The Labute approximate surface area is 107 Å². The molecule has 0 atom stereocenters. The van der Waals surface area contributed by atoms with Crippen molar-refractivity contribution < 1.29 is 9.53 Å². The molecule has 0 spiro atoms. The number of hydrogen-bond donors (Lipinski definition) is 1. The fourth-order valence-electron chi connectivity index (χ4n) is 1.46. The second kappa shape index (κ2) is 5.01. The number of aromatic nitrogens is 2. The van der Waals surface area contributed by atoms with E-state index in [0.29, 0.717) is 11.4 Å². The van der Waals surface area contributed by atoms with Crippen LogP contribution in [-0.4, -0.2) is 22.5 Å². The Morgan fingerprint density at radius 3 is 2.56 bits per heavy atom. The number of carbonyl (C=O) groups excluding carboxylic acids is 1. The molecular formula is C12H9ClN2O3. The van der Waals surface area contributed by atoms with Gasteiger partial charge in [-0.25, -0.2) is 5.10 Å². The Morgan fingerprint density at radius 2 is 2.00 bits per heavy atom. The molecule has 0 aliphatic carbocycles. The lowest BCUT2D eigenvalue weighted by atomic mass is 10.1. The summed E-state index contributed by atoms with van der Waals surface area (Å²) in [6.07, 6.45) is 0. The van der Waals surface area contributed by atoms with Gasteiger partial charge in [-0.3, -0.25) is 9.59 Å². The third kappa shape index (κ3) is 2.41. The van der Waals surface area contributed by atoms with Crippen LogP contribution in [0.3, 0.4) is 0 Å². The molecule has 18 heavy (non-hydrogen) atoms. The average Bonchev–Trinajstić information content (AvgIpc) is 2.39. The zero-order valence-corrected chi connectivity index (χ0v) is 10.2. The van der Waals surface area contributed by atoms with Gasteiger partial charge < -0.3 is 4.74 Å². The molecule has 1 aromatic heterocycles. The van der Waals surface area contributed by atoms with Gasteiger partial charge in [-0.15, -0.1) is 0 Å². The average molecular weight is 265 g/mol. The number of H-pyrrole nitrogens is 1. The van der Waals surface area contributed by atoms with Crippen LogP contribution < -0.4 is 10.3 Å². The lowest BCUT2D eigenvalue weighted by Gasteiger charge is -2.03. The summed E-state index contributed by atoms with van der Waals surface area (Å²) in [6.45, 7) is 0. The molecule has 0 fully saturated rings. The summed E-state index contributed by atoms with van der Waals surface area (Å²) in [4.78, 5) is 22.3. The molecule has 0 saturated heterocycles. The van der Waals surface area contributed by atoms with E-state index < -0.39 is 10.8 Å². The Balaban J connectivity index is 2.47. The van der Waals surface area contributed by atoms with Gasteiger partial charge >= 0.3 is 0 Å². The molecular weight excluding hydrogens is 256 g/mol. The van der Waals surface area contributed by atoms with Crippen LogP contribution in [0, 0.1) is 0 Å². The van der Waals surface area contributed by atoms with Crippen molar-refractivity contribution in [3.63, 3.8) is 0 Å². The Morgan fingerprint density at radius 1 is 1.33 bits per heavy atom. The summed E-state index contributed by atoms with van der Waals surface area (Å²) in [6, 6.07) is 8.40. The SMILES string of the molecule is COc1ccc(-c2cc(C(=O)Cl)c(=O)[nH]n2)cc1. The highest BCUT2D eigenvalue weighted by Crippen LogP contribution is 2.20. The van der Waals surface area contributed by atoms with Crippen molar-refractivity contribution in [2.45, 2.75) is 0 Å². The second-order valence-electron chi connectivity index (χ2n) is 3.50. The number of aromatic amines is 1. The van der Waals surface area contributed by atoms with Crippen LogP contribution in [0.25, 0.3) is 11.3 Å². The van der Waals surface area contributed by atoms with E-state index in [1.165, 1.54) is 6.07 Å². The Bertz CT molecular complexity index is 635. The van der Waals surface area contributed by atoms with E-state index in [-0.39, 0.29) is 5.56 Å². The first-order valence-electron chi connectivity index (χ1n) is 5.06. The number of rotatable bonds is 3. The summed E-state index contributed by atoms with van der Waals surface area (Å²) in [5, 5.41) is 5.28. The molecule has 5 nitrogen and oxygen atoms in total. The van der Waals surface area contributed by atoms with E-state index in [1.54, 1.807) is 31.4 Å². The van der Waals surface area contributed by atoms with Crippen LogP contribution in [0.15, 0.2) is 35.1 Å². The van der Waals surface area contributed by atoms with E-state index in [4.69, 9.17) is 16.3 Å².